The first-order chi connectivity index (χ1) is 11.7. The summed E-state index contributed by atoms with van der Waals surface area (Å²) in [7, 11) is 0. The molecular weight excluding hydrogens is 303 g/mol. The van der Waals surface area contributed by atoms with Gasteiger partial charge in [-0.25, -0.2) is 4.39 Å². The fourth-order valence-electron chi connectivity index (χ4n) is 3.83. The molecule has 3 nitrogen and oxygen atoms in total. The maximum atomic E-state index is 13.6. The second-order valence-electron chi connectivity index (χ2n) is 6.61. The highest BCUT2D eigenvalue weighted by atomic mass is 19.1. The van der Waals surface area contributed by atoms with Crippen LogP contribution >= 0.6 is 0 Å². The van der Waals surface area contributed by atoms with E-state index < -0.39 is 0 Å². The number of carbonyl (C=O) groups excluding carboxylic acids is 1. The van der Waals surface area contributed by atoms with Crippen LogP contribution in [-0.2, 0) is 12.8 Å². The molecule has 1 fully saturated rings. The van der Waals surface area contributed by atoms with Crippen molar-refractivity contribution >= 4 is 5.91 Å². The van der Waals surface area contributed by atoms with Crippen LogP contribution in [0.3, 0.4) is 0 Å². The van der Waals surface area contributed by atoms with Crippen molar-refractivity contribution in [3.05, 3.63) is 70.5 Å². The molecule has 1 unspecified atom stereocenters. The minimum Gasteiger partial charge on any atom is -0.329 e. The zero-order valence-electron chi connectivity index (χ0n) is 13.6. The van der Waals surface area contributed by atoms with Crippen molar-refractivity contribution in [2.24, 2.45) is 0 Å². The first-order valence-corrected chi connectivity index (χ1v) is 8.61. The van der Waals surface area contributed by atoms with Crippen LogP contribution in [0.1, 0.15) is 39.5 Å². The second-order valence-corrected chi connectivity index (χ2v) is 6.61. The summed E-state index contributed by atoms with van der Waals surface area (Å²) < 4.78 is 13.6. The number of halogens is 1. The van der Waals surface area contributed by atoms with Gasteiger partial charge in [-0.15, -0.1) is 0 Å². The van der Waals surface area contributed by atoms with Crippen LogP contribution in [0.5, 0.6) is 0 Å². The van der Waals surface area contributed by atoms with Gasteiger partial charge in [-0.1, -0.05) is 18.2 Å². The van der Waals surface area contributed by atoms with Gasteiger partial charge in [0.05, 0.1) is 6.04 Å². The van der Waals surface area contributed by atoms with Crippen molar-refractivity contribution in [3.8, 4) is 0 Å². The number of nitrogens with zero attached hydrogens (tertiary/aromatic N) is 1. The molecule has 4 rings (SSSR count). The largest absolute Gasteiger partial charge is 0.329 e. The lowest BCUT2D eigenvalue weighted by molar-refractivity contribution is 0.0634. The number of fused-ring (bicyclic) bond motifs is 1. The number of rotatable bonds is 2. The van der Waals surface area contributed by atoms with E-state index in [0.717, 1.165) is 30.5 Å². The van der Waals surface area contributed by atoms with Gasteiger partial charge in [0.2, 0.25) is 0 Å². The van der Waals surface area contributed by atoms with E-state index in [-0.39, 0.29) is 17.8 Å². The standard InChI is InChI=1S/C20H21FN2O/c21-18-6-2-5-16(12-18)19-13-22-9-10-23(19)20(24)17-8-7-14-3-1-4-15(14)11-17/h2,5-8,11-12,19,22H,1,3-4,9-10,13H2. The molecule has 1 N–H and O–H groups in total. The molecule has 2 aliphatic rings. The molecule has 1 aliphatic heterocycles. The van der Waals surface area contributed by atoms with Crippen molar-refractivity contribution in [2.45, 2.75) is 25.3 Å². The van der Waals surface area contributed by atoms with E-state index in [1.165, 1.54) is 29.7 Å². The molecule has 1 aliphatic carbocycles. The third-order valence-electron chi connectivity index (χ3n) is 5.08. The Balaban J connectivity index is 1.64. The lowest BCUT2D eigenvalue weighted by atomic mass is 10.0. The second kappa shape index (κ2) is 6.36. The molecule has 0 aromatic heterocycles. The van der Waals surface area contributed by atoms with Crippen LogP contribution in [0, 0.1) is 5.82 Å². The number of hydrogen-bond donors (Lipinski definition) is 1. The third kappa shape index (κ3) is 2.82. The van der Waals surface area contributed by atoms with Crippen molar-refractivity contribution < 1.29 is 9.18 Å². The summed E-state index contributed by atoms with van der Waals surface area (Å²) in [5.41, 5.74) is 4.27. The normalized spacial score (nSPS) is 20.0. The van der Waals surface area contributed by atoms with Gasteiger partial charge in [0.15, 0.2) is 0 Å². The van der Waals surface area contributed by atoms with E-state index in [1.54, 1.807) is 6.07 Å². The SMILES string of the molecule is O=C(c1ccc2c(c1)CCC2)N1CCNCC1c1cccc(F)c1. The van der Waals surface area contributed by atoms with E-state index in [9.17, 15) is 9.18 Å². The molecule has 2 aromatic rings. The Morgan fingerprint density at radius 2 is 2.00 bits per heavy atom. The molecule has 2 aromatic carbocycles. The fraction of sp³-hybridized carbons (Fsp3) is 0.350. The van der Waals surface area contributed by atoms with Crippen molar-refractivity contribution in [2.75, 3.05) is 19.6 Å². The molecule has 1 amide bonds. The smallest absolute Gasteiger partial charge is 0.254 e. The van der Waals surface area contributed by atoms with Crippen molar-refractivity contribution in [3.63, 3.8) is 0 Å². The van der Waals surface area contributed by atoms with Gasteiger partial charge in [-0.05, 0) is 60.2 Å². The maximum Gasteiger partial charge on any atom is 0.254 e. The van der Waals surface area contributed by atoms with Crippen LogP contribution in [0.25, 0.3) is 0 Å². The van der Waals surface area contributed by atoms with Crippen LogP contribution in [0.4, 0.5) is 4.39 Å². The minimum absolute atomic E-state index is 0.0421. The Morgan fingerprint density at radius 3 is 2.88 bits per heavy atom. The van der Waals surface area contributed by atoms with Gasteiger partial charge in [-0.3, -0.25) is 4.79 Å². The zero-order chi connectivity index (χ0) is 16.5. The van der Waals surface area contributed by atoms with Crippen molar-refractivity contribution in [1.82, 2.24) is 10.2 Å². The number of hydrogen-bond acceptors (Lipinski definition) is 2. The van der Waals surface area contributed by atoms with Gasteiger partial charge in [0.25, 0.3) is 5.91 Å². The van der Waals surface area contributed by atoms with E-state index in [1.807, 2.05) is 17.0 Å². The summed E-state index contributed by atoms with van der Waals surface area (Å²) in [6.45, 7) is 2.06. The maximum absolute atomic E-state index is 13.6. The van der Waals surface area contributed by atoms with Gasteiger partial charge in [0, 0.05) is 25.2 Å². The van der Waals surface area contributed by atoms with Crippen LogP contribution in [-0.4, -0.2) is 30.4 Å². The molecule has 0 saturated carbocycles. The molecule has 1 heterocycles. The Kier molecular flexibility index (Phi) is 4.07. The molecule has 1 atom stereocenters. The lowest BCUT2D eigenvalue weighted by Crippen LogP contribution is -2.48. The van der Waals surface area contributed by atoms with E-state index in [0.29, 0.717) is 13.1 Å². The quantitative estimate of drug-likeness (QED) is 0.921. The Bertz CT molecular complexity index is 774. The number of piperazine rings is 1. The topological polar surface area (TPSA) is 32.3 Å². The van der Waals surface area contributed by atoms with Gasteiger partial charge in [-0.2, -0.15) is 0 Å². The summed E-state index contributed by atoms with van der Waals surface area (Å²) in [5.74, 6) is -0.219. The highest BCUT2D eigenvalue weighted by Crippen LogP contribution is 2.27. The Morgan fingerprint density at radius 1 is 1.12 bits per heavy atom. The summed E-state index contributed by atoms with van der Waals surface area (Å²) in [6, 6.07) is 12.5. The summed E-state index contributed by atoms with van der Waals surface area (Å²) in [5, 5.41) is 3.31. The monoisotopic (exact) mass is 324 g/mol. The summed E-state index contributed by atoms with van der Waals surface area (Å²) in [4.78, 5) is 14.9. The van der Waals surface area contributed by atoms with Crippen molar-refractivity contribution in [1.29, 1.82) is 0 Å². The predicted molar refractivity (Wildman–Crippen MR) is 91.5 cm³/mol. The molecule has 24 heavy (non-hydrogen) atoms. The molecule has 4 heteroatoms. The predicted octanol–water partition coefficient (Wildman–Crippen LogP) is 3.10. The average molecular weight is 324 g/mol. The van der Waals surface area contributed by atoms with Gasteiger partial charge < -0.3 is 10.2 Å². The average Bonchev–Trinajstić information content (AvgIpc) is 3.09. The molecule has 0 spiro atoms. The highest BCUT2D eigenvalue weighted by molar-refractivity contribution is 5.95. The molecule has 124 valence electrons. The fourth-order valence-corrected chi connectivity index (χ4v) is 3.83. The number of amides is 1. The zero-order valence-corrected chi connectivity index (χ0v) is 13.6. The lowest BCUT2D eigenvalue weighted by Gasteiger charge is -2.36. The Labute approximate surface area is 141 Å². The summed E-state index contributed by atoms with van der Waals surface area (Å²) >= 11 is 0. The number of aryl methyl sites for hydroxylation is 2. The van der Waals surface area contributed by atoms with E-state index >= 15 is 0 Å². The van der Waals surface area contributed by atoms with Crippen LogP contribution < -0.4 is 5.32 Å². The first-order valence-electron chi connectivity index (χ1n) is 8.61. The summed E-state index contributed by atoms with van der Waals surface area (Å²) in [6.07, 6.45) is 3.35. The minimum atomic E-state index is -0.261. The van der Waals surface area contributed by atoms with E-state index in [2.05, 4.69) is 17.4 Å². The molecule has 0 radical (unpaired) electrons. The first kappa shape index (κ1) is 15.3. The number of nitrogens with one attached hydrogen (secondary N) is 1. The molecule has 0 bridgehead atoms. The molecular formula is C20H21FN2O. The molecule has 1 saturated heterocycles. The number of carbonyl (C=O) groups is 1. The van der Waals surface area contributed by atoms with E-state index in [4.69, 9.17) is 0 Å². The third-order valence-corrected chi connectivity index (χ3v) is 5.08. The van der Waals surface area contributed by atoms with Gasteiger partial charge in [0.1, 0.15) is 5.82 Å². The number of benzene rings is 2. The van der Waals surface area contributed by atoms with Gasteiger partial charge >= 0.3 is 0 Å². The van der Waals surface area contributed by atoms with Crippen LogP contribution in [0.2, 0.25) is 0 Å². The Hall–Kier alpha value is -2.20. The van der Waals surface area contributed by atoms with Crippen LogP contribution in [0.15, 0.2) is 42.5 Å². The highest BCUT2D eigenvalue weighted by Gasteiger charge is 2.29.